The monoisotopic (exact) mass is 399 g/mol. The molecular weight excluding hydrogens is 392 g/mol. The quantitative estimate of drug-likeness (QED) is 0.693. The van der Waals surface area contributed by atoms with Gasteiger partial charge >= 0.3 is 0 Å². The summed E-state index contributed by atoms with van der Waals surface area (Å²) in [5.41, 5.74) is 1.29. The molecule has 1 heterocycles. The van der Waals surface area contributed by atoms with Gasteiger partial charge in [-0.15, -0.1) is 0 Å². The van der Waals surface area contributed by atoms with Crippen molar-refractivity contribution < 1.29 is 4.79 Å². The summed E-state index contributed by atoms with van der Waals surface area (Å²) in [5.74, 6) is -0.103. The van der Waals surface area contributed by atoms with E-state index in [4.69, 9.17) is 46.4 Å². The van der Waals surface area contributed by atoms with Gasteiger partial charge in [0.2, 0.25) is 5.96 Å². The molecule has 0 aliphatic carbocycles. The highest BCUT2D eigenvalue weighted by molar-refractivity contribution is 6.37. The van der Waals surface area contributed by atoms with Crippen LogP contribution in [-0.2, 0) is 4.79 Å². The van der Waals surface area contributed by atoms with E-state index >= 15 is 0 Å². The van der Waals surface area contributed by atoms with Crippen LogP contribution in [0.15, 0.2) is 47.1 Å². The van der Waals surface area contributed by atoms with Crippen molar-refractivity contribution in [3.63, 3.8) is 0 Å². The second-order valence-electron chi connectivity index (χ2n) is 4.83. The van der Waals surface area contributed by atoms with Gasteiger partial charge in [-0.2, -0.15) is 0 Å². The molecule has 4 nitrogen and oxygen atoms in total. The summed E-state index contributed by atoms with van der Waals surface area (Å²) in [5, 5.41) is 7.24. The molecule has 1 saturated heterocycles. The molecule has 1 amide bonds. The maximum absolute atomic E-state index is 12.1. The number of nitrogens with zero attached hydrogens (tertiary/aromatic N) is 1. The second-order valence-corrected chi connectivity index (χ2v) is 6.49. The molecule has 0 atom stereocenters. The van der Waals surface area contributed by atoms with Crippen LogP contribution in [0.4, 0.5) is 5.69 Å². The second kappa shape index (κ2) is 7.03. The van der Waals surface area contributed by atoms with E-state index in [1.807, 2.05) is 0 Å². The summed E-state index contributed by atoms with van der Waals surface area (Å²) < 4.78 is 0. The molecule has 1 aliphatic rings. The maximum atomic E-state index is 12.1. The Morgan fingerprint density at radius 3 is 2.29 bits per heavy atom. The zero-order valence-electron chi connectivity index (χ0n) is 11.9. The first-order chi connectivity index (χ1) is 11.4. The first-order valence-electron chi connectivity index (χ1n) is 6.72. The molecule has 0 spiro atoms. The first-order valence-corrected chi connectivity index (χ1v) is 8.23. The van der Waals surface area contributed by atoms with E-state index in [1.165, 1.54) is 0 Å². The van der Waals surface area contributed by atoms with E-state index in [0.29, 0.717) is 31.3 Å². The first kappa shape index (κ1) is 17.1. The molecule has 122 valence electrons. The molecule has 0 bridgehead atoms. The van der Waals surface area contributed by atoms with Gasteiger partial charge in [-0.05, 0) is 36.4 Å². The van der Waals surface area contributed by atoms with Gasteiger partial charge in [-0.1, -0.05) is 52.5 Å². The summed E-state index contributed by atoms with van der Waals surface area (Å²) in [6, 6.07) is 9.98. The topological polar surface area (TPSA) is 53.5 Å². The van der Waals surface area contributed by atoms with Crippen molar-refractivity contribution in [3.8, 4) is 0 Å². The van der Waals surface area contributed by atoms with E-state index in [2.05, 4.69) is 15.6 Å². The Morgan fingerprint density at radius 2 is 1.62 bits per heavy atom. The molecule has 2 aromatic carbocycles. The lowest BCUT2D eigenvalue weighted by Crippen LogP contribution is -2.24. The number of rotatable bonds is 2. The lowest BCUT2D eigenvalue weighted by atomic mass is 10.2. The van der Waals surface area contributed by atoms with Crippen LogP contribution >= 0.6 is 46.4 Å². The number of hydrogen-bond acceptors (Lipinski definition) is 2. The Balaban J connectivity index is 1.91. The molecular formula is C16H9Cl4N3O. The standard InChI is InChI=1S/C16H9Cl4N3O/c17-8-4-5-13(12(20)6-8)21-16-22-14(15(24)23-16)7-9-10(18)2-1-3-11(9)19/h1-7H,(H2,21,22,23,24)/b14-7+. The molecule has 24 heavy (non-hydrogen) atoms. The number of benzene rings is 2. The van der Waals surface area contributed by atoms with Crippen LogP contribution in [0.1, 0.15) is 5.56 Å². The molecule has 1 aliphatic heterocycles. The third kappa shape index (κ3) is 3.68. The van der Waals surface area contributed by atoms with Crippen molar-refractivity contribution in [3.05, 3.63) is 67.7 Å². The van der Waals surface area contributed by atoms with E-state index in [-0.39, 0.29) is 17.6 Å². The SMILES string of the molecule is O=C1NC(=Nc2ccc(Cl)cc2Cl)N/C1=C/c1c(Cl)cccc1Cl. The smallest absolute Gasteiger partial charge is 0.274 e. The Morgan fingerprint density at radius 1 is 0.917 bits per heavy atom. The number of aliphatic imine (C=N–C) groups is 1. The lowest BCUT2D eigenvalue weighted by Gasteiger charge is -2.03. The minimum absolute atomic E-state index is 0.249. The van der Waals surface area contributed by atoms with Gasteiger partial charge in [0.15, 0.2) is 0 Å². The van der Waals surface area contributed by atoms with Crippen LogP contribution in [0.25, 0.3) is 6.08 Å². The number of nitrogens with one attached hydrogen (secondary N) is 2. The average Bonchev–Trinajstić information content (AvgIpc) is 2.86. The Kier molecular flexibility index (Phi) is 5.01. The van der Waals surface area contributed by atoms with Gasteiger partial charge < -0.3 is 5.32 Å². The van der Waals surface area contributed by atoms with Gasteiger partial charge in [0, 0.05) is 20.6 Å². The lowest BCUT2D eigenvalue weighted by molar-refractivity contribution is -0.115. The van der Waals surface area contributed by atoms with E-state index in [0.717, 1.165) is 0 Å². The summed E-state index contributed by atoms with van der Waals surface area (Å²) in [6.07, 6.45) is 1.56. The Bertz CT molecular complexity index is 873. The van der Waals surface area contributed by atoms with Gasteiger partial charge in [0.1, 0.15) is 5.70 Å². The van der Waals surface area contributed by atoms with Crippen molar-refractivity contribution in [2.24, 2.45) is 4.99 Å². The van der Waals surface area contributed by atoms with Gasteiger partial charge in [0.05, 0.1) is 10.7 Å². The van der Waals surface area contributed by atoms with Crippen molar-refractivity contribution in [1.29, 1.82) is 0 Å². The van der Waals surface area contributed by atoms with Crippen LogP contribution < -0.4 is 10.6 Å². The zero-order chi connectivity index (χ0) is 17.3. The number of carbonyl (C=O) groups excluding carboxylic acids is 1. The Labute approximate surface area is 158 Å². The number of carbonyl (C=O) groups is 1. The zero-order valence-corrected chi connectivity index (χ0v) is 14.9. The highest BCUT2D eigenvalue weighted by Gasteiger charge is 2.23. The minimum atomic E-state index is -0.352. The maximum Gasteiger partial charge on any atom is 0.274 e. The molecule has 0 saturated carbocycles. The van der Waals surface area contributed by atoms with Gasteiger partial charge in [0.25, 0.3) is 5.91 Å². The van der Waals surface area contributed by atoms with Gasteiger partial charge in [-0.3, -0.25) is 10.1 Å². The van der Waals surface area contributed by atoms with Crippen LogP contribution in [-0.4, -0.2) is 11.9 Å². The predicted octanol–water partition coefficient (Wildman–Crippen LogP) is 5.05. The molecule has 0 aromatic heterocycles. The molecule has 1 fully saturated rings. The number of halogens is 4. The third-order valence-electron chi connectivity index (χ3n) is 3.16. The average molecular weight is 401 g/mol. The van der Waals surface area contributed by atoms with Crippen LogP contribution in [0.3, 0.4) is 0 Å². The van der Waals surface area contributed by atoms with Gasteiger partial charge in [-0.25, -0.2) is 4.99 Å². The fourth-order valence-electron chi connectivity index (χ4n) is 2.03. The normalized spacial score (nSPS) is 17.2. The molecule has 8 heteroatoms. The number of amides is 1. The summed E-state index contributed by atoms with van der Waals surface area (Å²) >= 11 is 24.1. The molecule has 2 N–H and O–H groups in total. The number of guanidine groups is 1. The van der Waals surface area contributed by atoms with Crippen molar-refractivity contribution in [1.82, 2.24) is 10.6 Å². The summed E-state index contributed by atoms with van der Waals surface area (Å²) in [7, 11) is 0. The Hall–Kier alpha value is -1.72. The van der Waals surface area contributed by atoms with E-state index < -0.39 is 0 Å². The molecule has 3 rings (SSSR count). The molecule has 2 aromatic rings. The number of hydrogen-bond donors (Lipinski definition) is 2. The summed E-state index contributed by atoms with van der Waals surface area (Å²) in [4.78, 5) is 16.3. The van der Waals surface area contributed by atoms with E-state index in [1.54, 1.807) is 42.5 Å². The molecule has 0 radical (unpaired) electrons. The minimum Gasteiger partial charge on any atom is -0.321 e. The van der Waals surface area contributed by atoms with Crippen LogP contribution in [0.2, 0.25) is 20.1 Å². The van der Waals surface area contributed by atoms with Crippen LogP contribution in [0.5, 0.6) is 0 Å². The van der Waals surface area contributed by atoms with E-state index in [9.17, 15) is 4.79 Å². The van der Waals surface area contributed by atoms with Crippen LogP contribution in [0, 0.1) is 0 Å². The third-order valence-corrected chi connectivity index (χ3v) is 4.36. The fraction of sp³-hybridized carbons (Fsp3) is 0. The molecule has 0 unspecified atom stereocenters. The van der Waals surface area contributed by atoms with Crippen molar-refractivity contribution >= 4 is 70.0 Å². The van der Waals surface area contributed by atoms with Crippen molar-refractivity contribution in [2.45, 2.75) is 0 Å². The highest BCUT2D eigenvalue weighted by Crippen LogP contribution is 2.29. The fourth-order valence-corrected chi connectivity index (χ4v) is 2.99. The largest absolute Gasteiger partial charge is 0.321 e. The summed E-state index contributed by atoms with van der Waals surface area (Å²) in [6.45, 7) is 0. The predicted molar refractivity (Wildman–Crippen MR) is 99.3 cm³/mol. The highest BCUT2D eigenvalue weighted by atomic mass is 35.5. The van der Waals surface area contributed by atoms with Crippen molar-refractivity contribution in [2.75, 3.05) is 0 Å².